The van der Waals surface area contributed by atoms with Crippen LogP contribution in [-0.2, 0) is 10.0 Å². The number of nitrogen functional groups attached to an aromatic ring is 1. The van der Waals surface area contributed by atoms with Crippen LogP contribution in [0.3, 0.4) is 0 Å². The zero-order chi connectivity index (χ0) is 14.7. The average molecular weight is 290 g/mol. The predicted molar refractivity (Wildman–Crippen MR) is 71.5 cm³/mol. The molecule has 5 nitrogen and oxygen atoms in total. The second-order valence-electron chi connectivity index (χ2n) is 4.68. The number of rotatable bonds is 6. The summed E-state index contributed by atoms with van der Waals surface area (Å²) < 4.78 is 40.1. The van der Waals surface area contributed by atoms with Crippen LogP contribution in [0.5, 0.6) is 0 Å². The first-order chi connectivity index (χ1) is 8.74. The van der Waals surface area contributed by atoms with E-state index in [2.05, 4.69) is 4.72 Å². The van der Waals surface area contributed by atoms with E-state index in [1.165, 1.54) is 12.1 Å². The first kappa shape index (κ1) is 15.9. The molecule has 0 aliphatic heterocycles. The standard InChI is InChI=1S/C12H19FN2O3S/c1-3-12(2,6-7-16)15-19(17,18)9-4-5-11(14)10(13)8-9/h4-5,8,15-16H,3,6-7,14H2,1-2H3. The van der Waals surface area contributed by atoms with Crippen LogP contribution in [0.1, 0.15) is 26.7 Å². The molecule has 0 spiro atoms. The van der Waals surface area contributed by atoms with Gasteiger partial charge in [0, 0.05) is 12.1 Å². The molecular formula is C12H19FN2O3S. The highest BCUT2D eigenvalue weighted by Crippen LogP contribution is 2.21. The minimum Gasteiger partial charge on any atom is -0.396 e. The van der Waals surface area contributed by atoms with E-state index in [0.717, 1.165) is 6.07 Å². The molecule has 0 amide bonds. The number of halogens is 1. The minimum atomic E-state index is -3.85. The SMILES string of the molecule is CCC(C)(CCO)NS(=O)(=O)c1ccc(N)c(F)c1. The van der Waals surface area contributed by atoms with Crippen molar-refractivity contribution in [3.05, 3.63) is 24.0 Å². The maximum atomic E-state index is 13.3. The van der Waals surface area contributed by atoms with Crippen LogP contribution < -0.4 is 10.5 Å². The number of aliphatic hydroxyl groups is 1. The zero-order valence-electron chi connectivity index (χ0n) is 11.0. The molecule has 0 aliphatic carbocycles. The molecule has 108 valence electrons. The van der Waals surface area contributed by atoms with Crippen molar-refractivity contribution in [2.24, 2.45) is 0 Å². The molecule has 7 heteroatoms. The highest BCUT2D eigenvalue weighted by molar-refractivity contribution is 7.89. The summed E-state index contributed by atoms with van der Waals surface area (Å²) in [6, 6.07) is 3.34. The Kier molecular flexibility index (Phi) is 4.89. The first-order valence-corrected chi connectivity index (χ1v) is 7.42. The molecule has 1 aromatic rings. The highest BCUT2D eigenvalue weighted by Gasteiger charge is 2.28. The molecule has 1 rings (SSSR count). The van der Waals surface area contributed by atoms with Crippen LogP contribution >= 0.6 is 0 Å². The van der Waals surface area contributed by atoms with E-state index in [4.69, 9.17) is 10.8 Å². The molecule has 0 radical (unpaired) electrons. The molecule has 0 saturated heterocycles. The summed E-state index contributed by atoms with van der Waals surface area (Å²) in [5, 5.41) is 8.97. The van der Waals surface area contributed by atoms with Crippen LogP contribution in [0.25, 0.3) is 0 Å². The van der Waals surface area contributed by atoms with Crippen molar-refractivity contribution in [2.45, 2.75) is 37.1 Å². The van der Waals surface area contributed by atoms with Gasteiger partial charge in [-0.25, -0.2) is 17.5 Å². The summed E-state index contributed by atoms with van der Waals surface area (Å²) in [7, 11) is -3.85. The largest absolute Gasteiger partial charge is 0.396 e. The van der Waals surface area contributed by atoms with E-state index >= 15 is 0 Å². The van der Waals surface area contributed by atoms with Crippen molar-refractivity contribution in [3.8, 4) is 0 Å². The lowest BCUT2D eigenvalue weighted by Gasteiger charge is -2.28. The molecule has 0 bridgehead atoms. The zero-order valence-corrected chi connectivity index (χ0v) is 11.8. The first-order valence-electron chi connectivity index (χ1n) is 5.94. The Morgan fingerprint density at radius 1 is 1.47 bits per heavy atom. The van der Waals surface area contributed by atoms with Crippen molar-refractivity contribution in [2.75, 3.05) is 12.3 Å². The highest BCUT2D eigenvalue weighted by atomic mass is 32.2. The number of aliphatic hydroxyl groups excluding tert-OH is 1. The molecule has 0 saturated carbocycles. The number of hydrogen-bond donors (Lipinski definition) is 3. The second-order valence-corrected chi connectivity index (χ2v) is 6.36. The third-order valence-electron chi connectivity index (χ3n) is 3.11. The lowest BCUT2D eigenvalue weighted by Crippen LogP contribution is -2.46. The molecular weight excluding hydrogens is 271 g/mol. The number of nitrogens with one attached hydrogen (secondary N) is 1. The van der Waals surface area contributed by atoms with Gasteiger partial charge < -0.3 is 10.8 Å². The fourth-order valence-corrected chi connectivity index (χ4v) is 3.12. The number of anilines is 1. The number of nitrogens with two attached hydrogens (primary N) is 1. The molecule has 1 unspecified atom stereocenters. The van der Waals surface area contributed by atoms with E-state index in [0.29, 0.717) is 6.42 Å². The normalized spacial score (nSPS) is 15.2. The predicted octanol–water partition coefficient (Wildman–Crippen LogP) is 1.24. The van der Waals surface area contributed by atoms with Crippen LogP contribution in [0, 0.1) is 5.82 Å². The van der Waals surface area contributed by atoms with Crippen LogP contribution in [0.4, 0.5) is 10.1 Å². The summed E-state index contributed by atoms with van der Waals surface area (Å²) >= 11 is 0. The second kappa shape index (κ2) is 5.85. The monoisotopic (exact) mass is 290 g/mol. The summed E-state index contributed by atoms with van der Waals surface area (Å²) in [6.45, 7) is 3.36. The van der Waals surface area contributed by atoms with Gasteiger partial charge in [-0.05, 0) is 38.0 Å². The van der Waals surface area contributed by atoms with Gasteiger partial charge in [0.15, 0.2) is 0 Å². The molecule has 0 heterocycles. The van der Waals surface area contributed by atoms with E-state index in [9.17, 15) is 12.8 Å². The maximum absolute atomic E-state index is 13.3. The van der Waals surface area contributed by atoms with Gasteiger partial charge in [-0.2, -0.15) is 0 Å². The van der Waals surface area contributed by atoms with E-state index in [-0.39, 0.29) is 23.6 Å². The van der Waals surface area contributed by atoms with Crippen molar-refractivity contribution in [1.82, 2.24) is 4.72 Å². The third kappa shape index (κ3) is 3.89. The molecule has 0 fully saturated rings. The quantitative estimate of drug-likeness (QED) is 0.687. The number of benzene rings is 1. The molecule has 0 aromatic heterocycles. The summed E-state index contributed by atoms with van der Waals surface area (Å²) in [5.74, 6) is -0.775. The maximum Gasteiger partial charge on any atom is 0.241 e. The third-order valence-corrected chi connectivity index (χ3v) is 4.74. The van der Waals surface area contributed by atoms with Crippen molar-refractivity contribution >= 4 is 15.7 Å². The summed E-state index contributed by atoms with van der Waals surface area (Å²) in [5.41, 5.74) is 4.43. The molecule has 19 heavy (non-hydrogen) atoms. The van der Waals surface area contributed by atoms with Crippen LogP contribution in [0.2, 0.25) is 0 Å². The van der Waals surface area contributed by atoms with Crippen molar-refractivity contribution in [1.29, 1.82) is 0 Å². The minimum absolute atomic E-state index is 0.104. The van der Waals surface area contributed by atoms with Gasteiger partial charge >= 0.3 is 0 Å². The summed E-state index contributed by atoms with van der Waals surface area (Å²) in [4.78, 5) is -0.184. The molecule has 0 aliphatic rings. The Hall–Kier alpha value is -1.18. The fraction of sp³-hybridized carbons (Fsp3) is 0.500. The lowest BCUT2D eigenvalue weighted by molar-refractivity contribution is 0.233. The Balaban J connectivity index is 3.07. The lowest BCUT2D eigenvalue weighted by atomic mass is 9.97. The van der Waals surface area contributed by atoms with E-state index < -0.39 is 21.4 Å². The number of sulfonamides is 1. The number of hydrogen-bond acceptors (Lipinski definition) is 4. The van der Waals surface area contributed by atoms with Crippen LogP contribution in [-0.4, -0.2) is 25.7 Å². The topological polar surface area (TPSA) is 92.4 Å². The fourth-order valence-electron chi connectivity index (χ4n) is 1.61. The van der Waals surface area contributed by atoms with Crippen molar-refractivity contribution in [3.63, 3.8) is 0 Å². The van der Waals surface area contributed by atoms with Gasteiger partial charge in [0.25, 0.3) is 0 Å². The smallest absolute Gasteiger partial charge is 0.241 e. The Labute approximate surface area is 112 Å². The van der Waals surface area contributed by atoms with E-state index in [1.54, 1.807) is 6.92 Å². The van der Waals surface area contributed by atoms with Gasteiger partial charge in [0.2, 0.25) is 10.0 Å². The van der Waals surface area contributed by atoms with Gasteiger partial charge in [-0.3, -0.25) is 0 Å². The Morgan fingerprint density at radius 2 is 2.11 bits per heavy atom. The Morgan fingerprint density at radius 3 is 2.58 bits per heavy atom. The summed E-state index contributed by atoms with van der Waals surface area (Å²) in [6.07, 6.45) is 0.782. The average Bonchev–Trinajstić information content (AvgIpc) is 2.32. The van der Waals surface area contributed by atoms with Gasteiger partial charge in [0.05, 0.1) is 10.6 Å². The van der Waals surface area contributed by atoms with Gasteiger partial charge in [-0.1, -0.05) is 6.92 Å². The Bertz CT molecular complexity index is 548. The van der Waals surface area contributed by atoms with E-state index in [1.807, 2.05) is 6.92 Å². The molecule has 1 atom stereocenters. The van der Waals surface area contributed by atoms with Crippen LogP contribution in [0.15, 0.2) is 23.1 Å². The molecule has 1 aromatic carbocycles. The van der Waals surface area contributed by atoms with Crippen molar-refractivity contribution < 1.29 is 17.9 Å². The van der Waals surface area contributed by atoms with Gasteiger partial charge in [0.1, 0.15) is 5.82 Å². The molecule has 4 N–H and O–H groups in total. The van der Waals surface area contributed by atoms with Gasteiger partial charge in [-0.15, -0.1) is 0 Å².